The van der Waals surface area contributed by atoms with Crippen molar-refractivity contribution in [2.75, 3.05) is 14.1 Å². The lowest BCUT2D eigenvalue weighted by molar-refractivity contribution is -0.144. The van der Waals surface area contributed by atoms with Crippen LogP contribution in [0.5, 0.6) is 0 Å². The van der Waals surface area contributed by atoms with E-state index in [0.29, 0.717) is 10.9 Å². The topological polar surface area (TPSA) is 29.5 Å². The lowest BCUT2D eigenvalue weighted by atomic mass is 9.82. The molecule has 3 nitrogen and oxygen atoms in total. The Bertz CT molecular complexity index is 788. The van der Waals surface area contributed by atoms with E-state index in [4.69, 9.17) is 16.3 Å². The number of ether oxygens (including phenoxy) is 1. The number of benzene rings is 2. The van der Waals surface area contributed by atoms with Crippen LogP contribution in [-0.2, 0) is 16.1 Å². The molecule has 2 aromatic carbocycles. The van der Waals surface area contributed by atoms with Gasteiger partial charge in [-0.1, -0.05) is 48.0 Å². The predicted octanol–water partition coefficient (Wildman–Crippen LogP) is 5.68. The maximum absolute atomic E-state index is 12.1. The quantitative estimate of drug-likeness (QED) is 0.463. The molecule has 0 saturated heterocycles. The largest absolute Gasteiger partial charge is 0.459 e. The van der Waals surface area contributed by atoms with E-state index < -0.39 is 0 Å². The smallest absolute Gasteiger partial charge is 0.331 e. The number of carbonyl (C=O) groups is 1. The third-order valence-electron chi connectivity index (χ3n) is 5.19. The highest BCUT2D eigenvalue weighted by Crippen LogP contribution is 2.34. The summed E-state index contributed by atoms with van der Waals surface area (Å²) in [5.74, 6) is 0.291. The van der Waals surface area contributed by atoms with Crippen LogP contribution in [0.4, 0.5) is 0 Å². The Morgan fingerprint density at radius 3 is 2.29 bits per heavy atom. The molecular weight excluding hydrogens is 370 g/mol. The van der Waals surface area contributed by atoms with Crippen molar-refractivity contribution in [3.63, 3.8) is 0 Å². The van der Waals surface area contributed by atoms with Crippen molar-refractivity contribution < 1.29 is 9.53 Å². The van der Waals surface area contributed by atoms with Crippen LogP contribution in [0.2, 0.25) is 5.02 Å². The van der Waals surface area contributed by atoms with Gasteiger partial charge in [-0.3, -0.25) is 0 Å². The summed E-state index contributed by atoms with van der Waals surface area (Å²) in [6, 6.07) is 16.3. The zero-order valence-corrected chi connectivity index (χ0v) is 17.4. The van der Waals surface area contributed by atoms with Gasteiger partial charge in [-0.25, -0.2) is 4.79 Å². The van der Waals surface area contributed by atoms with E-state index in [2.05, 4.69) is 43.3 Å². The molecule has 1 fully saturated rings. The zero-order valence-electron chi connectivity index (χ0n) is 16.6. The van der Waals surface area contributed by atoms with Gasteiger partial charge >= 0.3 is 5.97 Å². The van der Waals surface area contributed by atoms with E-state index in [1.165, 1.54) is 17.2 Å². The van der Waals surface area contributed by atoms with Gasteiger partial charge in [0.25, 0.3) is 0 Å². The summed E-state index contributed by atoms with van der Waals surface area (Å²) in [4.78, 5) is 14.3. The second-order valence-electron chi connectivity index (χ2n) is 7.77. The third-order valence-corrected chi connectivity index (χ3v) is 5.44. The maximum Gasteiger partial charge on any atom is 0.331 e. The molecule has 0 N–H and O–H groups in total. The van der Waals surface area contributed by atoms with Crippen molar-refractivity contribution in [2.45, 2.75) is 44.2 Å². The summed E-state index contributed by atoms with van der Waals surface area (Å²) < 4.78 is 5.63. The minimum absolute atomic E-state index is 0.0200. The second-order valence-corrected chi connectivity index (χ2v) is 8.21. The van der Waals surface area contributed by atoms with Crippen LogP contribution in [0.15, 0.2) is 54.6 Å². The van der Waals surface area contributed by atoms with Crippen molar-refractivity contribution in [2.24, 2.45) is 0 Å². The molecule has 2 aromatic rings. The monoisotopic (exact) mass is 397 g/mol. The first-order valence-corrected chi connectivity index (χ1v) is 10.3. The number of rotatable bonds is 6. The fraction of sp³-hybridized carbons (Fsp3) is 0.375. The lowest BCUT2D eigenvalue weighted by Gasteiger charge is -2.28. The predicted molar refractivity (Wildman–Crippen MR) is 115 cm³/mol. The first-order valence-electron chi connectivity index (χ1n) is 9.87. The Labute approximate surface area is 173 Å². The summed E-state index contributed by atoms with van der Waals surface area (Å²) in [7, 11) is 4.17. The molecule has 0 heterocycles. The summed E-state index contributed by atoms with van der Waals surface area (Å²) in [5, 5.41) is 0.684. The molecule has 0 amide bonds. The fourth-order valence-corrected chi connectivity index (χ4v) is 3.84. The van der Waals surface area contributed by atoms with Crippen LogP contribution in [0, 0.1) is 0 Å². The van der Waals surface area contributed by atoms with Gasteiger partial charge in [-0.2, -0.15) is 0 Å². The van der Waals surface area contributed by atoms with Crippen LogP contribution < -0.4 is 0 Å². The number of nitrogens with zero attached hydrogens (tertiary/aromatic N) is 1. The minimum atomic E-state index is -0.272. The van der Waals surface area contributed by atoms with E-state index in [9.17, 15) is 4.79 Å². The lowest BCUT2D eigenvalue weighted by Crippen LogP contribution is -2.23. The summed E-state index contributed by atoms with van der Waals surface area (Å²) in [5.41, 5.74) is 3.67. The molecule has 0 spiro atoms. The average Bonchev–Trinajstić information content (AvgIpc) is 2.68. The van der Waals surface area contributed by atoms with Gasteiger partial charge in [0.2, 0.25) is 0 Å². The molecule has 4 heteroatoms. The van der Waals surface area contributed by atoms with Crippen molar-refractivity contribution in [3.05, 3.63) is 76.3 Å². The van der Waals surface area contributed by atoms with Gasteiger partial charge in [0, 0.05) is 17.6 Å². The minimum Gasteiger partial charge on any atom is -0.459 e. The molecule has 0 unspecified atom stereocenters. The Morgan fingerprint density at radius 2 is 1.68 bits per heavy atom. The van der Waals surface area contributed by atoms with Gasteiger partial charge in [0.15, 0.2) is 0 Å². The molecule has 0 aliphatic heterocycles. The standard InChI is InChI=1S/C24H28ClNO2/c1-26(2)17-19-3-8-20(9-4-19)21-10-14-23(15-11-21)28-24(27)16-7-18-5-12-22(25)13-6-18/h3-9,12-13,16,21,23H,10-11,14-15,17H2,1-2H3/t21-,23+. The SMILES string of the molecule is CN(C)Cc1ccc([C@H]2CC[C@@H](OC(=O)C=Cc3ccc(Cl)cc3)CC2)cc1. The van der Waals surface area contributed by atoms with E-state index in [-0.39, 0.29) is 12.1 Å². The number of halogens is 1. The molecule has 0 atom stereocenters. The Balaban J connectivity index is 1.45. The maximum atomic E-state index is 12.1. The van der Waals surface area contributed by atoms with E-state index in [0.717, 1.165) is 37.8 Å². The highest BCUT2D eigenvalue weighted by molar-refractivity contribution is 6.30. The summed E-state index contributed by atoms with van der Waals surface area (Å²) in [6.07, 6.45) is 7.25. The van der Waals surface area contributed by atoms with Crippen LogP contribution in [0.25, 0.3) is 6.08 Å². The van der Waals surface area contributed by atoms with Gasteiger partial charge < -0.3 is 9.64 Å². The molecule has 0 aromatic heterocycles. The Morgan fingerprint density at radius 1 is 1.04 bits per heavy atom. The summed E-state index contributed by atoms with van der Waals surface area (Å²) in [6.45, 7) is 0.965. The van der Waals surface area contributed by atoms with Crippen molar-refractivity contribution in [3.8, 4) is 0 Å². The first-order chi connectivity index (χ1) is 13.5. The van der Waals surface area contributed by atoms with Crippen LogP contribution >= 0.6 is 11.6 Å². The molecule has 1 aliphatic rings. The van der Waals surface area contributed by atoms with E-state index >= 15 is 0 Å². The van der Waals surface area contributed by atoms with Crippen molar-refractivity contribution in [1.82, 2.24) is 4.90 Å². The van der Waals surface area contributed by atoms with E-state index in [1.807, 2.05) is 12.1 Å². The molecule has 28 heavy (non-hydrogen) atoms. The molecule has 0 radical (unpaired) electrons. The Hall–Kier alpha value is -2.10. The summed E-state index contributed by atoms with van der Waals surface area (Å²) >= 11 is 5.87. The van der Waals surface area contributed by atoms with Crippen LogP contribution in [0.1, 0.15) is 48.3 Å². The number of hydrogen-bond acceptors (Lipinski definition) is 3. The molecule has 3 rings (SSSR count). The number of hydrogen-bond donors (Lipinski definition) is 0. The molecule has 148 valence electrons. The average molecular weight is 398 g/mol. The Kier molecular flexibility index (Phi) is 7.30. The molecule has 1 saturated carbocycles. The van der Waals surface area contributed by atoms with Gasteiger partial charge in [-0.15, -0.1) is 0 Å². The van der Waals surface area contributed by atoms with Gasteiger partial charge in [-0.05, 0) is 80.6 Å². The third kappa shape index (κ3) is 6.22. The highest BCUT2D eigenvalue weighted by atomic mass is 35.5. The zero-order chi connectivity index (χ0) is 19.9. The van der Waals surface area contributed by atoms with E-state index in [1.54, 1.807) is 18.2 Å². The number of esters is 1. The molecule has 0 bridgehead atoms. The molecule has 1 aliphatic carbocycles. The second kappa shape index (κ2) is 9.90. The first kappa shape index (κ1) is 20.6. The fourth-order valence-electron chi connectivity index (χ4n) is 3.72. The van der Waals surface area contributed by atoms with Crippen LogP contribution in [-0.4, -0.2) is 31.1 Å². The number of carbonyl (C=O) groups excluding carboxylic acids is 1. The molecular formula is C24H28ClNO2. The van der Waals surface area contributed by atoms with Crippen LogP contribution in [0.3, 0.4) is 0 Å². The van der Waals surface area contributed by atoms with Gasteiger partial charge in [0.05, 0.1) is 0 Å². The highest BCUT2D eigenvalue weighted by Gasteiger charge is 2.24. The normalized spacial score (nSPS) is 19.9. The van der Waals surface area contributed by atoms with Crippen molar-refractivity contribution in [1.29, 1.82) is 0 Å². The van der Waals surface area contributed by atoms with Crippen molar-refractivity contribution >= 4 is 23.6 Å². The van der Waals surface area contributed by atoms with Gasteiger partial charge in [0.1, 0.15) is 6.10 Å².